The number of benzene rings is 2. The molecule has 5 nitrogen and oxygen atoms in total. The molecule has 0 spiro atoms. The number of hydrogen-bond acceptors (Lipinski definition) is 4. The Morgan fingerprint density at radius 2 is 1.88 bits per heavy atom. The summed E-state index contributed by atoms with van der Waals surface area (Å²) >= 11 is 0. The minimum absolute atomic E-state index is 0.300. The molecular formula is C19H20N2O3. The number of carbonyl (C=O) groups excluding carboxylic acids is 1. The Hall–Kier alpha value is -3.08. The van der Waals surface area contributed by atoms with Gasteiger partial charge >= 0.3 is 6.09 Å². The number of rotatable bonds is 7. The zero-order valence-corrected chi connectivity index (χ0v) is 13.5. The van der Waals surface area contributed by atoms with E-state index < -0.39 is 6.09 Å². The van der Waals surface area contributed by atoms with Crippen molar-refractivity contribution in [2.75, 3.05) is 13.2 Å². The molecule has 0 atom stereocenters. The molecule has 0 saturated carbocycles. The van der Waals surface area contributed by atoms with E-state index in [-0.39, 0.29) is 0 Å². The SMILES string of the molecule is CCOC(=O)N/N=C\c1ccccc1OC/C=C/c1ccccc1. The molecular weight excluding hydrogens is 304 g/mol. The van der Waals surface area contributed by atoms with E-state index in [9.17, 15) is 4.79 Å². The van der Waals surface area contributed by atoms with Crippen molar-refractivity contribution >= 4 is 18.4 Å². The smallest absolute Gasteiger partial charge is 0.427 e. The second kappa shape index (κ2) is 9.84. The first-order valence-corrected chi connectivity index (χ1v) is 7.69. The van der Waals surface area contributed by atoms with E-state index in [1.165, 1.54) is 6.21 Å². The molecule has 0 unspecified atom stereocenters. The molecule has 0 fully saturated rings. The van der Waals surface area contributed by atoms with E-state index in [4.69, 9.17) is 9.47 Å². The van der Waals surface area contributed by atoms with Crippen molar-refractivity contribution in [1.29, 1.82) is 0 Å². The van der Waals surface area contributed by atoms with Gasteiger partial charge in [0.1, 0.15) is 12.4 Å². The van der Waals surface area contributed by atoms with Crippen LogP contribution < -0.4 is 10.2 Å². The van der Waals surface area contributed by atoms with Crippen molar-refractivity contribution in [1.82, 2.24) is 5.43 Å². The van der Waals surface area contributed by atoms with Gasteiger partial charge in [-0.25, -0.2) is 10.2 Å². The van der Waals surface area contributed by atoms with Gasteiger partial charge in [-0.1, -0.05) is 48.5 Å². The highest BCUT2D eigenvalue weighted by Gasteiger charge is 2.00. The van der Waals surface area contributed by atoms with Crippen LogP contribution in [0.5, 0.6) is 5.75 Å². The van der Waals surface area contributed by atoms with Crippen LogP contribution in [-0.4, -0.2) is 25.5 Å². The highest BCUT2D eigenvalue weighted by molar-refractivity contribution is 5.84. The predicted octanol–water partition coefficient (Wildman–Crippen LogP) is 3.86. The van der Waals surface area contributed by atoms with Gasteiger partial charge in [0.15, 0.2) is 0 Å². The Morgan fingerprint density at radius 3 is 2.67 bits per heavy atom. The number of nitrogens with one attached hydrogen (secondary N) is 1. The van der Waals surface area contributed by atoms with Gasteiger partial charge in [-0.2, -0.15) is 5.10 Å². The molecule has 0 aliphatic rings. The van der Waals surface area contributed by atoms with Gasteiger partial charge in [0, 0.05) is 5.56 Å². The standard InChI is InChI=1S/C19H20N2O3/c1-2-23-19(22)21-20-15-17-12-6-7-13-18(17)24-14-8-11-16-9-4-3-5-10-16/h3-13,15H,2,14H2,1H3,(H,21,22)/b11-8+,20-15-. The third-order valence-electron chi connectivity index (χ3n) is 3.00. The molecule has 24 heavy (non-hydrogen) atoms. The molecule has 0 heterocycles. The zero-order valence-electron chi connectivity index (χ0n) is 13.5. The summed E-state index contributed by atoms with van der Waals surface area (Å²) < 4.78 is 10.5. The number of nitrogens with zero attached hydrogens (tertiary/aromatic N) is 1. The summed E-state index contributed by atoms with van der Waals surface area (Å²) in [7, 11) is 0. The Bertz CT molecular complexity index is 697. The summed E-state index contributed by atoms with van der Waals surface area (Å²) in [6.07, 6.45) is 4.88. The average molecular weight is 324 g/mol. The van der Waals surface area contributed by atoms with Crippen molar-refractivity contribution in [3.8, 4) is 5.75 Å². The highest BCUT2D eigenvalue weighted by Crippen LogP contribution is 2.15. The fourth-order valence-corrected chi connectivity index (χ4v) is 1.92. The summed E-state index contributed by atoms with van der Waals surface area (Å²) in [5.74, 6) is 0.685. The number of ether oxygens (including phenoxy) is 2. The number of amides is 1. The minimum Gasteiger partial charge on any atom is -0.489 e. The molecule has 0 aliphatic heterocycles. The van der Waals surface area contributed by atoms with Crippen molar-refractivity contribution < 1.29 is 14.3 Å². The van der Waals surface area contributed by atoms with Crippen LogP contribution in [0.3, 0.4) is 0 Å². The lowest BCUT2D eigenvalue weighted by atomic mass is 10.2. The molecule has 2 aromatic carbocycles. The molecule has 0 radical (unpaired) electrons. The van der Waals surface area contributed by atoms with Crippen LogP contribution in [0, 0.1) is 0 Å². The first-order chi connectivity index (χ1) is 11.8. The number of hydrogen-bond donors (Lipinski definition) is 1. The molecule has 2 rings (SSSR count). The Kier molecular flexibility index (Phi) is 7.08. The van der Waals surface area contributed by atoms with Gasteiger partial charge < -0.3 is 9.47 Å². The molecule has 0 aromatic heterocycles. The largest absolute Gasteiger partial charge is 0.489 e. The predicted molar refractivity (Wildman–Crippen MR) is 95.2 cm³/mol. The first kappa shape index (κ1) is 17.3. The topological polar surface area (TPSA) is 59.9 Å². The van der Waals surface area contributed by atoms with Gasteiger partial charge in [0.05, 0.1) is 12.8 Å². The summed E-state index contributed by atoms with van der Waals surface area (Å²) in [4.78, 5) is 11.2. The Morgan fingerprint density at radius 1 is 1.12 bits per heavy atom. The maximum absolute atomic E-state index is 11.2. The first-order valence-electron chi connectivity index (χ1n) is 7.69. The molecule has 0 bridgehead atoms. The van der Waals surface area contributed by atoms with Crippen molar-refractivity contribution in [2.45, 2.75) is 6.92 Å². The molecule has 1 N–H and O–H groups in total. The monoisotopic (exact) mass is 324 g/mol. The van der Waals surface area contributed by atoms with Gasteiger partial charge in [-0.3, -0.25) is 0 Å². The van der Waals surface area contributed by atoms with E-state index in [1.807, 2.05) is 66.7 Å². The van der Waals surface area contributed by atoms with Crippen LogP contribution in [0.2, 0.25) is 0 Å². The number of hydrazone groups is 1. The van der Waals surface area contributed by atoms with Crippen LogP contribution in [0.4, 0.5) is 4.79 Å². The van der Waals surface area contributed by atoms with E-state index in [1.54, 1.807) is 6.92 Å². The van der Waals surface area contributed by atoms with E-state index in [2.05, 4.69) is 10.5 Å². The third-order valence-corrected chi connectivity index (χ3v) is 3.00. The molecule has 5 heteroatoms. The number of para-hydroxylation sites is 1. The highest BCUT2D eigenvalue weighted by atomic mass is 16.5. The normalized spacial score (nSPS) is 10.9. The van der Waals surface area contributed by atoms with Crippen LogP contribution >= 0.6 is 0 Å². The molecule has 0 saturated heterocycles. The lowest BCUT2D eigenvalue weighted by Gasteiger charge is -2.06. The van der Waals surface area contributed by atoms with Crippen molar-refractivity contribution in [3.05, 3.63) is 71.8 Å². The fraction of sp³-hybridized carbons (Fsp3) is 0.158. The van der Waals surface area contributed by atoms with Crippen LogP contribution in [-0.2, 0) is 4.74 Å². The van der Waals surface area contributed by atoms with Gasteiger partial charge in [-0.15, -0.1) is 0 Å². The Balaban J connectivity index is 1.90. The lowest BCUT2D eigenvalue weighted by Crippen LogP contribution is -2.18. The average Bonchev–Trinajstić information content (AvgIpc) is 2.61. The molecule has 124 valence electrons. The van der Waals surface area contributed by atoms with E-state index in [0.29, 0.717) is 19.0 Å². The number of carbonyl (C=O) groups is 1. The summed E-state index contributed by atoms with van der Waals surface area (Å²) in [5.41, 5.74) is 4.17. The second-order valence-electron chi connectivity index (χ2n) is 4.75. The van der Waals surface area contributed by atoms with Crippen LogP contribution in [0.15, 0.2) is 65.8 Å². The van der Waals surface area contributed by atoms with Crippen LogP contribution in [0.25, 0.3) is 6.08 Å². The maximum Gasteiger partial charge on any atom is 0.427 e. The molecule has 2 aromatic rings. The second-order valence-corrected chi connectivity index (χ2v) is 4.75. The van der Waals surface area contributed by atoms with Crippen LogP contribution in [0.1, 0.15) is 18.1 Å². The van der Waals surface area contributed by atoms with E-state index in [0.717, 1.165) is 11.1 Å². The van der Waals surface area contributed by atoms with Gasteiger partial charge in [-0.05, 0) is 30.7 Å². The Labute approximate surface area is 141 Å². The van der Waals surface area contributed by atoms with Crippen molar-refractivity contribution in [3.63, 3.8) is 0 Å². The maximum atomic E-state index is 11.2. The minimum atomic E-state index is -0.585. The van der Waals surface area contributed by atoms with Gasteiger partial charge in [0.25, 0.3) is 0 Å². The third kappa shape index (κ3) is 5.96. The molecule has 1 amide bonds. The summed E-state index contributed by atoms with van der Waals surface area (Å²) in [6.45, 7) is 2.47. The zero-order chi connectivity index (χ0) is 17.0. The fourth-order valence-electron chi connectivity index (χ4n) is 1.92. The summed E-state index contributed by atoms with van der Waals surface area (Å²) in [6, 6.07) is 17.5. The molecule has 0 aliphatic carbocycles. The summed E-state index contributed by atoms with van der Waals surface area (Å²) in [5, 5.41) is 3.85. The van der Waals surface area contributed by atoms with Gasteiger partial charge in [0.2, 0.25) is 0 Å². The quantitative estimate of drug-likeness (QED) is 0.621. The lowest BCUT2D eigenvalue weighted by molar-refractivity contribution is 0.152. The van der Waals surface area contributed by atoms with E-state index >= 15 is 0 Å². The van der Waals surface area contributed by atoms with Crippen molar-refractivity contribution in [2.24, 2.45) is 5.10 Å².